The fourth-order valence-electron chi connectivity index (χ4n) is 1.89. The number of rotatable bonds is 2. The molecule has 0 spiro atoms. The Morgan fingerprint density at radius 1 is 1.21 bits per heavy atom. The number of nitrogens with zero attached hydrogens (tertiary/aromatic N) is 1. The Morgan fingerprint density at radius 3 is 2.58 bits per heavy atom. The molecule has 2 aromatic rings. The molecule has 0 aliphatic carbocycles. The third kappa shape index (κ3) is 2.99. The average Bonchev–Trinajstić information content (AvgIpc) is 2.40. The maximum absolute atomic E-state index is 12.5. The molecule has 0 aliphatic rings. The van der Waals surface area contributed by atoms with Crippen LogP contribution in [0.25, 0.3) is 0 Å². The summed E-state index contributed by atoms with van der Waals surface area (Å²) in [6, 6.07) is 13.0. The van der Waals surface area contributed by atoms with Crippen LogP contribution in [0.1, 0.15) is 15.9 Å². The van der Waals surface area contributed by atoms with Crippen molar-refractivity contribution in [3.8, 4) is 0 Å². The minimum atomic E-state index is -0.0938. The van der Waals surface area contributed by atoms with E-state index in [9.17, 15) is 4.79 Å². The van der Waals surface area contributed by atoms with Gasteiger partial charge in [0.2, 0.25) is 0 Å². The third-order valence-electron chi connectivity index (χ3n) is 2.94. The van der Waals surface area contributed by atoms with E-state index in [0.717, 1.165) is 15.7 Å². The van der Waals surface area contributed by atoms with Crippen LogP contribution in [0.2, 0.25) is 5.02 Å². The molecule has 19 heavy (non-hydrogen) atoms. The molecule has 0 heterocycles. The fraction of sp³-hybridized carbons (Fsp3) is 0.133. The highest BCUT2D eigenvalue weighted by atomic mass is 79.9. The van der Waals surface area contributed by atoms with Gasteiger partial charge in [0, 0.05) is 22.2 Å². The smallest absolute Gasteiger partial charge is 0.259 e. The lowest BCUT2D eigenvalue weighted by atomic mass is 10.1. The van der Waals surface area contributed by atoms with E-state index in [4.69, 9.17) is 11.6 Å². The van der Waals surface area contributed by atoms with Gasteiger partial charge in [-0.05, 0) is 52.7 Å². The van der Waals surface area contributed by atoms with Crippen LogP contribution < -0.4 is 4.90 Å². The summed E-state index contributed by atoms with van der Waals surface area (Å²) in [5.74, 6) is -0.0938. The zero-order chi connectivity index (χ0) is 14.0. The summed E-state index contributed by atoms with van der Waals surface area (Å²) < 4.78 is 0.738. The van der Waals surface area contributed by atoms with Crippen molar-refractivity contribution in [1.82, 2.24) is 0 Å². The molecule has 2 rings (SSSR count). The first-order chi connectivity index (χ1) is 9.00. The number of para-hydroxylation sites is 1. The first-order valence-electron chi connectivity index (χ1n) is 5.79. The van der Waals surface area contributed by atoms with E-state index >= 15 is 0 Å². The highest BCUT2D eigenvalue weighted by Crippen LogP contribution is 2.25. The Hall–Kier alpha value is -1.32. The summed E-state index contributed by atoms with van der Waals surface area (Å²) >= 11 is 9.34. The third-order valence-corrected chi connectivity index (χ3v) is 3.87. The zero-order valence-corrected chi connectivity index (χ0v) is 13.0. The summed E-state index contributed by atoms with van der Waals surface area (Å²) in [5.41, 5.74) is 2.49. The molecular formula is C15H13BrClNO. The number of anilines is 1. The largest absolute Gasteiger partial charge is 0.311 e. The Balaban J connectivity index is 2.39. The van der Waals surface area contributed by atoms with Gasteiger partial charge < -0.3 is 4.90 Å². The lowest BCUT2D eigenvalue weighted by molar-refractivity contribution is 0.0992. The van der Waals surface area contributed by atoms with Gasteiger partial charge in [-0.3, -0.25) is 4.79 Å². The van der Waals surface area contributed by atoms with Crippen LogP contribution in [-0.2, 0) is 0 Å². The van der Waals surface area contributed by atoms with Crippen LogP contribution >= 0.6 is 27.5 Å². The van der Waals surface area contributed by atoms with E-state index in [1.54, 1.807) is 30.1 Å². The maximum atomic E-state index is 12.5. The first-order valence-corrected chi connectivity index (χ1v) is 6.96. The minimum absolute atomic E-state index is 0.0938. The predicted molar refractivity (Wildman–Crippen MR) is 83.1 cm³/mol. The molecule has 0 saturated carbocycles. The number of carbonyl (C=O) groups excluding carboxylic acids is 1. The normalized spacial score (nSPS) is 10.3. The van der Waals surface area contributed by atoms with Crippen molar-refractivity contribution >= 4 is 39.1 Å². The second kappa shape index (κ2) is 5.76. The van der Waals surface area contributed by atoms with Crippen molar-refractivity contribution in [2.24, 2.45) is 0 Å². The topological polar surface area (TPSA) is 20.3 Å². The van der Waals surface area contributed by atoms with Gasteiger partial charge in [0.05, 0.1) is 5.56 Å². The van der Waals surface area contributed by atoms with Crippen molar-refractivity contribution in [2.75, 3.05) is 11.9 Å². The van der Waals surface area contributed by atoms with Crippen molar-refractivity contribution < 1.29 is 4.79 Å². The number of hydrogen-bond donors (Lipinski definition) is 0. The Bertz CT molecular complexity index is 627. The molecular weight excluding hydrogens is 326 g/mol. The molecule has 1 amide bonds. The van der Waals surface area contributed by atoms with E-state index in [1.807, 2.05) is 31.2 Å². The van der Waals surface area contributed by atoms with Gasteiger partial charge in [-0.25, -0.2) is 0 Å². The Kier molecular flexibility index (Phi) is 4.27. The molecule has 98 valence electrons. The standard InChI is InChI=1S/C15H13BrClNO/c1-10-5-3-4-6-14(10)18(2)15(19)12-9-11(17)7-8-13(12)16/h3-9H,1-2H3. The van der Waals surface area contributed by atoms with E-state index in [-0.39, 0.29) is 5.91 Å². The summed E-state index contributed by atoms with van der Waals surface area (Å²) in [6.07, 6.45) is 0. The van der Waals surface area contributed by atoms with Gasteiger partial charge in [-0.1, -0.05) is 29.8 Å². The monoisotopic (exact) mass is 337 g/mol. The molecule has 4 heteroatoms. The number of halogens is 2. The minimum Gasteiger partial charge on any atom is -0.311 e. The summed E-state index contributed by atoms with van der Waals surface area (Å²) in [4.78, 5) is 14.1. The number of aryl methyl sites for hydroxylation is 1. The molecule has 0 atom stereocenters. The van der Waals surface area contributed by atoms with Crippen LogP contribution in [0.15, 0.2) is 46.9 Å². The van der Waals surface area contributed by atoms with E-state index < -0.39 is 0 Å². The number of amides is 1. The van der Waals surface area contributed by atoms with Crippen molar-refractivity contribution in [3.63, 3.8) is 0 Å². The van der Waals surface area contributed by atoms with Gasteiger partial charge in [-0.15, -0.1) is 0 Å². The highest BCUT2D eigenvalue weighted by molar-refractivity contribution is 9.10. The summed E-state index contributed by atoms with van der Waals surface area (Å²) in [5, 5.41) is 0.546. The van der Waals surface area contributed by atoms with Crippen molar-refractivity contribution in [2.45, 2.75) is 6.92 Å². The molecule has 0 aliphatic heterocycles. The second-order valence-electron chi connectivity index (χ2n) is 4.27. The summed E-state index contributed by atoms with van der Waals surface area (Å²) in [7, 11) is 1.76. The molecule has 2 nitrogen and oxygen atoms in total. The molecule has 0 saturated heterocycles. The molecule has 0 bridgehead atoms. The van der Waals surface area contributed by atoms with Gasteiger partial charge in [-0.2, -0.15) is 0 Å². The van der Waals surface area contributed by atoms with Crippen LogP contribution in [0, 0.1) is 6.92 Å². The van der Waals surface area contributed by atoms with Gasteiger partial charge in [0.25, 0.3) is 5.91 Å². The van der Waals surface area contributed by atoms with E-state index in [1.165, 1.54) is 0 Å². The SMILES string of the molecule is Cc1ccccc1N(C)C(=O)c1cc(Cl)ccc1Br. The molecule has 0 aromatic heterocycles. The number of benzene rings is 2. The second-order valence-corrected chi connectivity index (χ2v) is 5.57. The van der Waals surface area contributed by atoms with E-state index in [0.29, 0.717) is 10.6 Å². The van der Waals surface area contributed by atoms with Gasteiger partial charge in [0.15, 0.2) is 0 Å². The van der Waals surface area contributed by atoms with Crippen LogP contribution in [0.4, 0.5) is 5.69 Å². The maximum Gasteiger partial charge on any atom is 0.259 e. The van der Waals surface area contributed by atoms with E-state index in [2.05, 4.69) is 15.9 Å². The van der Waals surface area contributed by atoms with Crippen LogP contribution in [-0.4, -0.2) is 13.0 Å². The zero-order valence-electron chi connectivity index (χ0n) is 10.7. The summed E-state index contributed by atoms with van der Waals surface area (Å²) in [6.45, 7) is 1.98. The average molecular weight is 339 g/mol. The lowest BCUT2D eigenvalue weighted by Crippen LogP contribution is -2.27. The van der Waals surface area contributed by atoms with Crippen molar-refractivity contribution in [3.05, 3.63) is 63.1 Å². The highest BCUT2D eigenvalue weighted by Gasteiger charge is 2.17. The van der Waals surface area contributed by atoms with Gasteiger partial charge in [0.1, 0.15) is 0 Å². The molecule has 0 unspecified atom stereocenters. The van der Waals surface area contributed by atoms with Crippen molar-refractivity contribution in [1.29, 1.82) is 0 Å². The first kappa shape index (κ1) is 14.1. The number of hydrogen-bond acceptors (Lipinski definition) is 1. The quantitative estimate of drug-likeness (QED) is 0.778. The molecule has 0 N–H and O–H groups in total. The van der Waals surface area contributed by atoms with Crippen LogP contribution in [0.3, 0.4) is 0 Å². The van der Waals surface area contributed by atoms with Crippen LogP contribution in [0.5, 0.6) is 0 Å². The fourth-order valence-corrected chi connectivity index (χ4v) is 2.48. The Morgan fingerprint density at radius 2 is 1.89 bits per heavy atom. The number of carbonyl (C=O) groups is 1. The molecule has 0 fully saturated rings. The van der Waals surface area contributed by atoms with Gasteiger partial charge >= 0.3 is 0 Å². The lowest BCUT2D eigenvalue weighted by Gasteiger charge is -2.20. The Labute approximate surface area is 126 Å². The molecule has 0 radical (unpaired) electrons. The molecule has 2 aromatic carbocycles. The predicted octanol–water partition coefficient (Wildman–Crippen LogP) is 4.69.